The van der Waals surface area contributed by atoms with Crippen LogP contribution in [0.2, 0.25) is 0 Å². The highest BCUT2D eigenvalue weighted by Gasteiger charge is 2.11. The van der Waals surface area contributed by atoms with E-state index in [0.29, 0.717) is 11.8 Å². The van der Waals surface area contributed by atoms with Crippen LogP contribution in [0.15, 0.2) is 77.2 Å². The molecule has 4 aromatic rings. The number of unbranched alkanes of at least 4 members (excludes halogenated alkanes) is 6. The highest BCUT2D eigenvalue weighted by Crippen LogP contribution is 2.28. The van der Waals surface area contributed by atoms with Gasteiger partial charge in [0.05, 0.1) is 13.2 Å². The summed E-state index contributed by atoms with van der Waals surface area (Å²) in [7, 11) is 0. The van der Waals surface area contributed by atoms with E-state index in [1.54, 1.807) is 0 Å². The van der Waals surface area contributed by atoms with Crippen molar-refractivity contribution < 1.29 is 13.9 Å². The third kappa shape index (κ3) is 7.94. The van der Waals surface area contributed by atoms with E-state index in [0.717, 1.165) is 59.8 Å². The third-order valence-electron chi connectivity index (χ3n) is 6.38. The molecule has 1 aromatic heterocycles. The maximum Gasteiger partial charge on any atom is 0.248 e. The fourth-order valence-corrected chi connectivity index (χ4v) is 4.14. The lowest BCUT2D eigenvalue weighted by atomic mass is 10.0. The molecule has 194 valence electrons. The number of hydrogen-bond donors (Lipinski definition) is 0. The summed E-state index contributed by atoms with van der Waals surface area (Å²) in [6, 6.07) is 24.3. The van der Waals surface area contributed by atoms with E-state index in [4.69, 9.17) is 13.9 Å². The average Bonchev–Trinajstić information content (AvgIpc) is 3.44. The molecule has 0 saturated carbocycles. The Kier molecular flexibility index (Phi) is 10.2. The molecule has 0 spiro atoms. The summed E-state index contributed by atoms with van der Waals surface area (Å²) in [6.45, 7) is 5.95. The van der Waals surface area contributed by atoms with Gasteiger partial charge in [-0.05, 0) is 72.5 Å². The van der Waals surface area contributed by atoms with Crippen molar-refractivity contribution in [1.82, 2.24) is 10.2 Å². The van der Waals surface area contributed by atoms with Crippen LogP contribution < -0.4 is 9.47 Å². The first kappa shape index (κ1) is 26.5. The van der Waals surface area contributed by atoms with Crippen LogP contribution in [0.25, 0.3) is 34.0 Å². The molecular formula is C32H38N2O3. The Labute approximate surface area is 220 Å². The second kappa shape index (κ2) is 14.2. The second-order valence-corrected chi connectivity index (χ2v) is 9.36. The van der Waals surface area contributed by atoms with Crippen LogP contribution in [0.1, 0.15) is 65.2 Å². The Morgan fingerprint density at radius 1 is 0.486 bits per heavy atom. The number of ether oxygens (including phenoxy) is 2. The molecule has 0 aliphatic heterocycles. The van der Waals surface area contributed by atoms with Gasteiger partial charge in [-0.2, -0.15) is 0 Å². The van der Waals surface area contributed by atoms with Crippen LogP contribution in [-0.4, -0.2) is 23.4 Å². The van der Waals surface area contributed by atoms with Crippen molar-refractivity contribution in [2.75, 3.05) is 13.2 Å². The molecule has 0 saturated heterocycles. The van der Waals surface area contributed by atoms with Crippen molar-refractivity contribution in [3.8, 4) is 45.5 Å². The zero-order chi connectivity index (χ0) is 25.7. The molecule has 0 aliphatic carbocycles. The van der Waals surface area contributed by atoms with Gasteiger partial charge in [-0.25, -0.2) is 0 Å². The molecule has 4 rings (SSSR count). The summed E-state index contributed by atoms with van der Waals surface area (Å²) < 4.78 is 17.7. The summed E-state index contributed by atoms with van der Waals surface area (Å²) in [5.41, 5.74) is 4.04. The fraction of sp³-hybridized carbons (Fsp3) is 0.375. The minimum absolute atomic E-state index is 0.499. The van der Waals surface area contributed by atoms with Crippen molar-refractivity contribution in [2.45, 2.75) is 65.2 Å². The number of benzene rings is 3. The van der Waals surface area contributed by atoms with Crippen molar-refractivity contribution in [3.63, 3.8) is 0 Å². The number of nitrogens with zero attached hydrogens (tertiary/aromatic N) is 2. The number of rotatable bonds is 15. The minimum atomic E-state index is 0.499. The SMILES string of the molecule is CCCCCCOc1ccc(-c2ccc(-c3nnc(-c4ccc(OCCCCCC)cc4)o3)cc2)cc1. The van der Waals surface area contributed by atoms with Gasteiger partial charge in [-0.3, -0.25) is 0 Å². The maximum absolute atomic E-state index is 5.96. The lowest BCUT2D eigenvalue weighted by molar-refractivity contribution is 0.305. The van der Waals surface area contributed by atoms with E-state index in [2.05, 4.69) is 48.3 Å². The smallest absolute Gasteiger partial charge is 0.248 e. The molecule has 0 fully saturated rings. The standard InChI is InChI=1S/C32H38N2O3/c1-3-5-7-9-23-35-29-19-15-26(16-20-29)25-11-13-27(14-12-25)31-33-34-32(37-31)28-17-21-30(22-18-28)36-24-10-8-6-4-2/h11-22H,3-10,23-24H2,1-2H3. The average molecular weight is 499 g/mol. The third-order valence-corrected chi connectivity index (χ3v) is 6.38. The highest BCUT2D eigenvalue weighted by atomic mass is 16.5. The molecular weight excluding hydrogens is 460 g/mol. The van der Waals surface area contributed by atoms with Gasteiger partial charge in [0.15, 0.2) is 0 Å². The van der Waals surface area contributed by atoms with Crippen molar-refractivity contribution >= 4 is 0 Å². The predicted octanol–water partition coefficient (Wildman–Crippen LogP) is 8.99. The summed E-state index contributed by atoms with van der Waals surface area (Å²) in [6.07, 6.45) is 9.62. The molecule has 37 heavy (non-hydrogen) atoms. The van der Waals surface area contributed by atoms with E-state index in [1.807, 2.05) is 48.5 Å². The monoisotopic (exact) mass is 498 g/mol. The van der Waals surface area contributed by atoms with Gasteiger partial charge in [0.2, 0.25) is 11.8 Å². The van der Waals surface area contributed by atoms with Gasteiger partial charge >= 0.3 is 0 Å². The largest absolute Gasteiger partial charge is 0.494 e. The lowest BCUT2D eigenvalue weighted by Gasteiger charge is -2.07. The topological polar surface area (TPSA) is 57.4 Å². The Morgan fingerprint density at radius 2 is 0.865 bits per heavy atom. The van der Waals surface area contributed by atoms with E-state index in [-0.39, 0.29) is 0 Å². The van der Waals surface area contributed by atoms with Crippen LogP contribution in [0.4, 0.5) is 0 Å². The second-order valence-electron chi connectivity index (χ2n) is 9.36. The van der Waals surface area contributed by atoms with Gasteiger partial charge in [-0.15, -0.1) is 10.2 Å². The summed E-state index contributed by atoms with van der Waals surface area (Å²) >= 11 is 0. The Bertz CT molecular complexity index is 1180. The molecule has 0 atom stereocenters. The molecule has 5 nitrogen and oxygen atoms in total. The minimum Gasteiger partial charge on any atom is -0.494 e. The van der Waals surface area contributed by atoms with E-state index in [9.17, 15) is 0 Å². The summed E-state index contributed by atoms with van der Waals surface area (Å²) in [4.78, 5) is 0. The zero-order valence-electron chi connectivity index (χ0n) is 22.1. The van der Waals surface area contributed by atoms with Crippen LogP contribution in [0, 0.1) is 0 Å². The summed E-state index contributed by atoms with van der Waals surface area (Å²) in [5.74, 6) is 2.78. The maximum atomic E-state index is 5.96. The molecule has 0 N–H and O–H groups in total. The van der Waals surface area contributed by atoms with E-state index in [1.165, 1.54) is 38.5 Å². The van der Waals surface area contributed by atoms with Gasteiger partial charge in [0.25, 0.3) is 0 Å². The normalized spacial score (nSPS) is 11.0. The zero-order valence-corrected chi connectivity index (χ0v) is 22.1. The van der Waals surface area contributed by atoms with Crippen LogP contribution in [0.5, 0.6) is 11.5 Å². The first-order chi connectivity index (χ1) is 18.3. The van der Waals surface area contributed by atoms with Gasteiger partial charge in [0, 0.05) is 11.1 Å². The Morgan fingerprint density at radius 3 is 1.30 bits per heavy atom. The van der Waals surface area contributed by atoms with Crippen LogP contribution in [0.3, 0.4) is 0 Å². The molecule has 5 heteroatoms. The molecule has 0 bridgehead atoms. The Hall–Kier alpha value is -3.60. The molecule has 0 radical (unpaired) electrons. The molecule has 0 aliphatic rings. The van der Waals surface area contributed by atoms with Crippen LogP contribution in [-0.2, 0) is 0 Å². The van der Waals surface area contributed by atoms with E-state index >= 15 is 0 Å². The Balaban J connectivity index is 1.31. The molecule has 1 heterocycles. The first-order valence-electron chi connectivity index (χ1n) is 13.7. The van der Waals surface area contributed by atoms with Crippen molar-refractivity contribution in [1.29, 1.82) is 0 Å². The lowest BCUT2D eigenvalue weighted by Crippen LogP contribution is -1.96. The van der Waals surface area contributed by atoms with Gasteiger partial charge in [0.1, 0.15) is 11.5 Å². The molecule has 0 unspecified atom stereocenters. The molecule has 3 aromatic carbocycles. The van der Waals surface area contributed by atoms with Gasteiger partial charge in [-0.1, -0.05) is 76.6 Å². The fourth-order valence-electron chi connectivity index (χ4n) is 4.14. The summed E-state index contributed by atoms with van der Waals surface area (Å²) in [5, 5.41) is 8.51. The van der Waals surface area contributed by atoms with Crippen LogP contribution >= 0.6 is 0 Å². The predicted molar refractivity (Wildman–Crippen MR) is 150 cm³/mol. The van der Waals surface area contributed by atoms with Crippen molar-refractivity contribution in [2.24, 2.45) is 0 Å². The highest BCUT2D eigenvalue weighted by molar-refractivity contribution is 5.68. The van der Waals surface area contributed by atoms with Gasteiger partial charge < -0.3 is 13.9 Å². The molecule has 0 amide bonds. The first-order valence-corrected chi connectivity index (χ1v) is 13.7. The number of hydrogen-bond acceptors (Lipinski definition) is 5. The van der Waals surface area contributed by atoms with Crippen molar-refractivity contribution in [3.05, 3.63) is 72.8 Å². The quantitative estimate of drug-likeness (QED) is 0.153. The van der Waals surface area contributed by atoms with E-state index < -0.39 is 0 Å². The number of aromatic nitrogens is 2.